The van der Waals surface area contributed by atoms with Crippen molar-refractivity contribution in [1.82, 2.24) is 15.1 Å². The van der Waals surface area contributed by atoms with Crippen molar-refractivity contribution in [2.75, 3.05) is 31.6 Å². The molecule has 2 heterocycles. The zero-order chi connectivity index (χ0) is 15.4. The Morgan fingerprint density at radius 2 is 1.91 bits per heavy atom. The van der Waals surface area contributed by atoms with Gasteiger partial charge in [0, 0.05) is 18.8 Å². The fourth-order valence-corrected chi connectivity index (χ4v) is 2.29. The molecule has 0 saturated carbocycles. The summed E-state index contributed by atoms with van der Waals surface area (Å²) in [6.07, 6.45) is 0. The predicted octanol–water partition coefficient (Wildman–Crippen LogP) is 2.00. The topological polar surface area (TPSA) is 67.4 Å². The highest BCUT2D eigenvalue weighted by atomic mass is 16.5. The fourth-order valence-electron chi connectivity index (χ4n) is 2.29. The Balaban J connectivity index is 1.70. The number of nitrogens with zero attached hydrogens (tertiary/aromatic N) is 3. The Morgan fingerprint density at radius 3 is 2.59 bits per heavy atom. The van der Waals surface area contributed by atoms with Crippen molar-refractivity contribution in [3.8, 4) is 0 Å². The summed E-state index contributed by atoms with van der Waals surface area (Å²) in [5.74, 6) is 0.520. The molecule has 1 aromatic heterocycles. The van der Waals surface area contributed by atoms with Gasteiger partial charge in [-0.2, -0.15) is 0 Å². The number of hydrogen-bond donors (Lipinski definition) is 1. The Kier molecular flexibility index (Phi) is 4.29. The lowest BCUT2D eigenvalue weighted by Crippen LogP contribution is -2.41. The number of carbonyl (C=O) groups is 1. The molecule has 0 atom stereocenters. The fraction of sp³-hybridized carbons (Fsp3) is 0.312. The van der Waals surface area contributed by atoms with Crippen molar-refractivity contribution in [2.24, 2.45) is 0 Å². The van der Waals surface area contributed by atoms with Gasteiger partial charge in [0.05, 0.1) is 13.2 Å². The molecular formula is C16H18N4O2. The van der Waals surface area contributed by atoms with E-state index in [0.717, 1.165) is 11.3 Å². The minimum Gasteiger partial charge on any atom is -0.378 e. The zero-order valence-electron chi connectivity index (χ0n) is 12.5. The maximum Gasteiger partial charge on any atom is 0.274 e. The van der Waals surface area contributed by atoms with Gasteiger partial charge in [0.1, 0.15) is 0 Å². The molecule has 3 rings (SSSR count). The highest BCUT2D eigenvalue weighted by molar-refractivity contribution is 5.92. The van der Waals surface area contributed by atoms with Crippen molar-refractivity contribution in [1.29, 1.82) is 0 Å². The third-order valence-electron chi connectivity index (χ3n) is 3.59. The SMILES string of the molecule is Cc1ccccc1Nc1ccc(C(=O)N2CCOCC2)nn1. The largest absolute Gasteiger partial charge is 0.378 e. The third kappa shape index (κ3) is 3.23. The van der Waals surface area contributed by atoms with Crippen LogP contribution in [0.3, 0.4) is 0 Å². The zero-order valence-corrected chi connectivity index (χ0v) is 12.5. The number of hydrogen-bond acceptors (Lipinski definition) is 5. The van der Waals surface area contributed by atoms with Crippen LogP contribution in [0.1, 0.15) is 16.1 Å². The number of rotatable bonds is 3. The lowest BCUT2D eigenvalue weighted by molar-refractivity contribution is 0.0298. The van der Waals surface area contributed by atoms with Crippen LogP contribution in [0.2, 0.25) is 0 Å². The van der Waals surface area contributed by atoms with Gasteiger partial charge >= 0.3 is 0 Å². The number of aryl methyl sites for hydroxylation is 1. The van der Waals surface area contributed by atoms with Gasteiger partial charge in [-0.25, -0.2) is 0 Å². The summed E-state index contributed by atoms with van der Waals surface area (Å²) in [5, 5.41) is 11.3. The summed E-state index contributed by atoms with van der Waals surface area (Å²) in [6, 6.07) is 11.4. The van der Waals surface area contributed by atoms with E-state index >= 15 is 0 Å². The maximum atomic E-state index is 12.3. The van der Waals surface area contributed by atoms with Gasteiger partial charge in [0.25, 0.3) is 5.91 Å². The monoisotopic (exact) mass is 298 g/mol. The summed E-state index contributed by atoms with van der Waals surface area (Å²) < 4.78 is 5.24. The Morgan fingerprint density at radius 1 is 1.14 bits per heavy atom. The van der Waals surface area contributed by atoms with Gasteiger partial charge in [-0.15, -0.1) is 10.2 Å². The molecule has 0 spiro atoms. The normalized spacial score (nSPS) is 14.7. The molecule has 0 aliphatic carbocycles. The van der Waals surface area contributed by atoms with Crippen LogP contribution in [0.4, 0.5) is 11.5 Å². The molecule has 1 N–H and O–H groups in total. The van der Waals surface area contributed by atoms with Gasteiger partial charge in [-0.1, -0.05) is 18.2 Å². The lowest BCUT2D eigenvalue weighted by Gasteiger charge is -2.26. The number of morpholine rings is 1. The molecule has 6 nitrogen and oxygen atoms in total. The minimum atomic E-state index is -0.0989. The summed E-state index contributed by atoms with van der Waals surface area (Å²) in [4.78, 5) is 14.0. The van der Waals surface area contributed by atoms with Crippen LogP contribution < -0.4 is 5.32 Å². The lowest BCUT2D eigenvalue weighted by atomic mass is 10.2. The average molecular weight is 298 g/mol. The van der Waals surface area contributed by atoms with Crippen molar-refractivity contribution in [2.45, 2.75) is 6.92 Å². The standard InChI is InChI=1S/C16H18N4O2/c1-12-4-2-3-5-13(12)17-15-7-6-14(18-19-15)16(21)20-8-10-22-11-9-20/h2-7H,8-11H2,1H3,(H,17,19). The van der Waals surface area contributed by atoms with E-state index in [0.29, 0.717) is 37.8 Å². The van der Waals surface area contributed by atoms with E-state index in [1.165, 1.54) is 0 Å². The van der Waals surface area contributed by atoms with Gasteiger partial charge < -0.3 is 15.0 Å². The smallest absolute Gasteiger partial charge is 0.274 e. The second kappa shape index (κ2) is 6.53. The van der Waals surface area contributed by atoms with E-state index < -0.39 is 0 Å². The van der Waals surface area contributed by atoms with Crippen molar-refractivity contribution in [3.63, 3.8) is 0 Å². The number of carbonyl (C=O) groups excluding carboxylic acids is 1. The van der Waals surface area contributed by atoms with Crippen LogP contribution in [0.25, 0.3) is 0 Å². The Bertz CT molecular complexity index is 651. The van der Waals surface area contributed by atoms with Gasteiger partial charge in [0.2, 0.25) is 0 Å². The number of para-hydroxylation sites is 1. The molecule has 114 valence electrons. The summed E-state index contributed by atoms with van der Waals surface area (Å²) in [7, 11) is 0. The van der Waals surface area contributed by atoms with Crippen LogP contribution >= 0.6 is 0 Å². The molecule has 0 unspecified atom stereocenters. The second-order valence-corrected chi connectivity index (χ2v) is 5.15. The van der Waals surface area contributed by atoms with Crippen LogP contribution in [0.15, 0.2) is 36.4 Å². The quantitative estimate of drug-likeness (QED) is 0.938. The van der Waals surface area contributed by atoms with Gasteiger partial charge in [-0.3, -0.25) is 4.79 Å². The van der Waals surface area contributed by atoms with Crippen LogP contribution in [-0.4, -0.2) is 47.3 Å². The molecule has 1 aliphatic heterocycles. The Labute approximate surface area is 129 Å². The van der Waals surface area contributed by atoms with E-state index in [2.05, 4.69) is 15.5 Å². The van der Waals surface area contributed by atoms with Crippen LogP contribution in [-0.2, 0) is 4.74 Å². The van der Waals surface area contributed by atoms with E-state index in [1.54, 1.807) is 17.0 Å². The second-order valence-electron chi connectivity index (χ2n) is 5.15. The molecule has 2 aromatic rings. The molecule has 1 amide bonds. The number of nitrogens with one attached hydrogen (secondary N) is 1. The predicted molar refractivity (Wildman–Crippen MR) is 83.2 cm³/mol. The molecule has 1 saturated heterocycles. The van der Waals surface area contributed by atoms with Crippen LogP contribution in [0, 0.1) is 6.92 Å². The van der Waals surface area contributed by atoms with Crippen molar-refractivity contribution >= 4 is 17.4 Å². The van der Waals surface area contributed by atoms with E-state index in [-0.39, 0.29) is 5.91 Å². The highest BCUT2D eigenvalue weighted by Crippen LogP contribution is 2.18. The number of ether oxygens (including phenoxy) is 1. The molecule has 0 radical (unpaired) electrons. The summed E-state index contributed by atoms with van der Waals surface area (Å²) in [6.45, 7) is 4.37. The van der Waals surface area contributed by atoms with E-state index in [9.17, 15) is 4.79 Å². The number of amides is 1. The first-order valence-corrected chi connectivity index (χ1v) is 7.27. The first kappa shape index (κ1) is 14.5. The molecule has 1 fully saturated rings. The molecule has 1 aromatic carbocycles. The molecule has 6 heteroatoms. The van der Waals surface area contributed by atoms with E-state index in [1.807, 2.05) is 31.2 Å². The Hall–Kier alpha value is -2.47. The van der Waals surface area contributed by atoms with E-state index in [4.69, 9.17) is 4.74 Å². The summed E-state index contributed by atoms with van der Waals surface area (Å²) in [5.41, 5.74) is 2.46. The van der Waals surface area contributed by atoms with Gasteiger partial charge in [-0.05, 0) is 30.7 Å². The third-order valence-corrected chi connectivity index (χ3v) is 3.59. The first-order chi connectivity index (χ1) is 10.7. The molecule has 1 aliphatic rings. The molecule has 22 heavy (non-hydrogen) atoms. The average Bonchev–Trinajstić information content (AvgIpc) is 2.58. The maximum absolute atomic E-state index is 12.3. The highest BCUT2D eigenvalue weighted by Gasteiger charge is 2.19. The minimum absolute atomic E-state index is 0.0989. The molecule has 0 bridgehead atoms. The number of anilines is 2. The van der Waals surface area contributed by atoms with Gasteiger partial charge in [0.15, 0.2) is 11.5 Å². The number of benzene rings is 1. The van der Waals surface area contributed by atoms with Crippen LogP contribution in [0.5, 0.6) is 0 Å². The van der Waals surface area contributed by atoms with Crippen molar-refractivity contribution < 1.29 is 9.53 Å². The van der Waals surface area contributed by atoms with Crippen molar-refractivity contribution in [3.05, 3.63) is 47.7 Å². The molecular weight excluding hydrogens is 280 g/mol. The first-order valence-electron chi connectivity index (χ1n) is 7.27. The number of aromatic nitrogens is 2. The summed E-state index contributed by atoms with van der Waals surface area (Å²) >= 11 is 0.